The molecule has 0 radical (unpaired) electrons. The summed E-state index contributed by atoms with van der Waals surface area (Å²) in [5, 5.41) is 29.0. The predicted molar refractivity (Wildman–Crippen MR) is 113 cm³/mol. The number of aromatic hydroxyl groups is 1. The summed E-state index contributed by atoms with van der Waals surface area (Å²) < 4.78 is 2.92. The van der Waals surface area contributed by atoms with Gasteiger partial charge in [-0.15, -0.1) is 0 Å². The number of carbonyl (C=O) groups is 1. The van der Waals surface area contributed by atoms with E-state index in [9.17, 15) is 9.90 Å². The lowest BCUT2D eigenvalue weighted by molar-refractivity contribution is 0.0697. The third-order valence-electron chi connectivity index (χ3n) is 5.23. The highest BCUT2D eigenvalue weighted by Gasteiger charge is 2.28. The van der Waals surface area contributed by atoms with Crippen LogP contribution < -0.4 is 4.90 Å². The zero-order valence-corrected chi connectivity index (χ0v) is 17.4. The maximum Gasteiger partial charge on any atom is 0.338 e. The van der Waals surface area contributed by atoms with Crippen LogP contribution in [0.3, 0.4) is 0 Å². The SMILES string of the molecule is O=C(O)c1cnn(-c2nc(O)c3c(cnn3[C@H]3CCN(c4ccc(Cl)c(Cl)c4)C3)n2)c1. The van der Waals surface area contributed by atoms with Crippen molar-refractivity contribution in [2.24, 2.45) is 0 Å². The Bertz CT molecular complexity index is 1320. The van der Waals surface area contributed by atoms with Gasteiger partial charge in [0, 0.05) is 25.0 Å². The molecule has 1 fully saturated rings. The van der Waals surface area contributed by atoms with Gasteiger partial charge in [0.05, 0.1) is 34.0 Å². The predicted octanol–water partition coefficient (Wildman–Crippen LogP) is 3.17. The van der Waals surface area contributed by atoms with Gasteiger partial charge in [0.15, 0.2) is 0 Å². The molecule has 4 heterocycles. The summed E-state index contributed by atoms with van der Waals surface area (Å²) in [7, 11) is 0. The summed E-state index contributed by atoms with van der Waals surface area (Å²) in [5.41, 5.74) is 1.80. The van der Waals surface area contributed by atoms with Crippen molar-refractivity contribution < 1.29 is 15.0 Å². The van der Waals surface area contributed by atoms with Crippen LogP contribution in [0, 0.1) is 0 Å². The summed E-state index contributed by atoms with van der Waals surface area (Å²) in [6, 6.07) is 5.51. The number of benzene rings is 1. The van der Waals surface area contributed by atoms with Gasteiger partial charge in [-0.3, -0.25) is 4.68 Å². The molecular formula is C19H15Cl2N7O3. The number of hydrogen-bond donors (Lipinski definition) is 2. The lowest BCUT2D eigenvalue weighted by Crippen LogP contribution is -2.21. The van der Waals surface area contributed by atoms with Crippen LogP contribution in [-0.2, 0) is 0 Å². The molecule has 0 saturated carbocycles. The molecule has 0 spiro atoms. The number of halogens is 2. The Morgan fingerprint density at radius 1 is 1.13 bits per heavy atom. The van der Waals surface area contributed by atoms with Crippen molar-refractivity contribution in [2.75, 3.05) is 18.0 Å². The monoisotopic (exact) mass is 459 g/mol. The zero-order chi connectivity index (χ0) is 21.7. The van der Waals surface area contributed by atoms with Gasteiger partial charge >= 0.3 is 5.97 Å². The Labute approximate surface area is 185 Å². The molecule has 5 rings (SSSR count). The molecular weight excluding hydrogens is 445 g/mol. The van der Waals surface area contributed by atoms with Crippen molar-refractivity contribution in [3.63, 3.8) is 0 Å². The maximum absolute atomic E-state index is 11.1. The van der Waals surface area contributed by atoms with Gasteiger partial charge in [-0.25, -0.2) is 14.5 Å². The highest BCUT2D eigenvalue weighted by atomic mass is 35.5. The second-order valence-corrected chi connectivity index (χ2v) is 7.95. The molecule has 1 aromatic carbocycles. The number of aromatic nitrogens is 6. The fraction of sp³-hybridized carbons (Fsp3) is 0.211. The zero-order valence-electron chi connectivity index (χ0n) is 15.9. The largest absolute Gasteiger partial charge is 0.492 e. The number of nitrogens with zero attached hydrogens (tertiary/aromatic N) is 7. The number of anilines is 1. The van der Waals surface area contributed by atoms with Crippen molar-refractivity contribution in [3.05, 3.63) is 52.4 Å². The molecule has 0 bridgehead atoms. The van der Waals surface area contributed by atoms with Crippen molar-refractivity contribution in [3.8, 4) is 11.8 Å². The van der Waals surface area contributed by atoms with Gasteiger partial charge in [-0.2, -0.15) is 15.2 Å². The average molecular weight is 460 g/mol. The number of hydrogen-bond acceptors (Lipinski definition) is 7. The molecule has 1 aliphatic rings. The van der Waals surface area contributed by atoms with E-state index >= 15 is 0 Å². The van der Waals surface area contributed by atoms with Crippen LogP contribution in [0.5, 0.6) is 5.88 Å². The van der Waals surface area contributed by atoms with E-state index in [0.717, 1.165) is 18.7 Å². The Morgan fingerprint density at radius 2 is 1.97 bits per heavy atom. The first kappa shape index (κ1) is 19.6. The first-order valence-electron chi connectivity index (χ1n) is 9.33. The van der Waals surface area contributed by atoms with Crippen molar-refractivity contribution in [1.29, 1.82) is 0 Å². The number of rotatable bonds is 4. The minimum atomic E-state index is -1.11. The maximum atomic E-state index is 11.1. The quantitative estimate of drug-likeness (QED) is 0.476. The summed E-state index contributed by atoms with van der Waals surface area (Å²) in [4.78, 5) is 21.7. The number of fused-ring (bicyclic) bond motifs is 1. The van der Waals surface area contributed by atoms with E-state index in [1.54, 1.807) is 16.9 Å². The highest BCUT2D eigenvalue weighted by Crippen LogP contribution is 2.34. The number of aromatic carboxylic acids is 1. The van der Waals surface area contributed by atoms with Gasteiger partial charge in [-0.1, -0.05) is 23.2 Å². The molecule has 4 aromatic rings. The van der Waals surface area contributed by atoms with Gasteiger partial charge in [0.2, 0.25) is 5.88 Å². The van der Waals surface area contributed by atoms with Crippen LogP contribution in [0.25, 0.3) is 17.0 Å². The number of carboxylic acids is 1. The molecule has 0 amide bonds. The minimum Gasteiger partial charge on any atom is -0.492 e. The fourth-order valence-electron chi connectivity index (χ4n) is 3.71. The lowest BCUT2D eigenvalue weighted by Gasteiger charge is -2.19. The van der Waals surface area contributed by atoms with Crippen LogP contribution in [0.15, 0.2) is 36.8 Å². The molecule has 10 nitrogen and oxygen atoms in total. The third kappa shape index (κ3) is 3.43. The molecule has 1 saturated heterocycles. The van der Waals surface area contributed by atoms with Crippen molar-refractivity contribution in [1.82, 2.24) is 29.5 Å². The van der Waals surface area contributed by atoms with E-state index in [1.807, 2.05) is 12.1 Å². The second kappa shape index (κ2) is 7.40. The summed E-state index contributed by atoms with van der Waals surface area (Å²) >= 11 is 12.2. The molecule has 12 heteroatoms. The van der Waals surface area contributed by atoms with Crippen LogP contribution in [0.4, 0.5) is 5.69 Å². The van der Waals surface area contributed by atoms with E-state index in [2.05, 4.69) is 25.1 Å². The highest BCUT2D eigenvalue weighted by molar-refractivity contribution is 6.42. The normalized spacial score (nSPS) is 16.3. The molecule has 3 aromatic heterocycles. The van der Waals surface area contributed by atoms with E-state index in [1.165, 1.54) is 17.1 Å². The van der Waals surface area contributed by atoms with E-state index in [0.29, 0.717) is 27.6 Å². The van der Waals surface area contributed by atoms with Crippen molar-refractivity contribution >= 4 is 45.9 Å². The first-order valence-corrected chi connectivity index (χ1v) is 10.1. The minimum absolute atomic E-state index is 0.00406. The molecule has 1 atom stereocenters. The topological polar surface area (TPSA) is 122 Å². The Kier molecular flexibility index (Phi) is 4.67. The first-order chi connectivity index (χ1) is 14.9. The van der Waals surface area contributed by atoms with Crippen LogP contribution in [0.2, 0.25) is 10.0 Å². The van der Waals surface area contributed by atoms with E-state index < -0.39 is 5.97 Å². The molecule has 0 aliphatic carbocycles. The average Bonchev–Trinajstić information content (AvgIpc) is 3.48. The second-order valence-electron chi connectivity index (χ2n) is 7.14. The van der Waals surface area contributed by atoms with Crippen molar-refractivity contribution in [2.45, 2.75) is 12.5 Å². The molecule has 1 aliphatic heterocycles. The Hall–Kier alpha value is -3.37. The summed E-state index contributed by atoms with van der Waals surface area (Å²) in [6.45, 7) is 1.45. The summed E-state index contributed by atoms with van der Waals surface area (Å²) in [6.07, 6.45) is 4.81. The standard InChI is InChI=1S/C19H15Cl2N7O3/c20-13-2-1-11(5-14(13)21)26-4-3-12(9-26)28-16-15(7-23-28)24-19(25-17(16)29)27-8-10(6-22-27)18(30)31/h1-2,5-8,12H,3-4,9H2,(H,30,31)(H,24,25,29)/t12-/m0/s1. The van der Waals surface area contributed by atoms with Gasteiger partial charge in [-0.05, 0) is 24.6 Å². The smallest absolute Gasteiger partial charge is 0.338 e. The third-order valence-corrected chi connectivity index (χ3v) is 5.97. The summed E-state index contributed by atoms with van der Waals surface area (Å²) in [5.74, 6) is -1.31. The van der Waals surface area contributed by atoms with Crippen LogP contribution in [-0.4, -0.2) is 58.8 Å². The van der Waals surface area contributed by atoms with Gasteiger partial charge in [0.25, 0.3) is 5.95 Å². The lowest BCUT2D eigenvalue weighted by atomic mass is 10.2. The molecule has 31 heavy (non-hydrogen) atoms. The molecule has 0 unspecified atom stereocenters. The van der Waals surface area contributed by atoms with Crippen LogP contribution in [0.1, 0.15) is 22.8 Å². The van der Waals surface area contributed by atoms with E-state index in [4.69, 9.17) is 28.3 Å². The van der Waals surface area contributed by atoms with Crippen LogP contribution >= 0.6 is 23.2 Å². The molecule has 158 valence electrons. The number of carboxylic acid groups (broad SMARTS) is 1. The van der Waals surface area contributed by atoms with Gasteiger partial charge < -0.3 is 15.1 Å². The Balaban J connectivity index is 1.44. The fourth-order valence-corrected chi connectivity index (χ4v) is 4.00. The molecule has 2 N–H and O–H groups in total. The van der Waals surface area contributed by atoms with E-state index in [-0.39, 0.29) is 23.4 Å². The Morgan fingerprint density at radius 3 is 2.71 bits per heavy atom. The van der Waals surface area contributed by atoms with Gasteiger partial charge in [0.1, 0.15) is 11.0 Å².